The van der Waals surface area contributed by atoms with Crippen molar-refractivity contribution in [3.63, 3.8) is 0 Å². The molecule has 2 aromatic rings. The lowest BCUT2D eigenvalue weighted by molar-refractivity contribution is -0.268. The number of rotatable bonds is 4. The van der Waals surface area contributed by atoms with Crippen LogP contribution in [0.4, 0.5) is 13.2 Å². The molecule has 0 bridgehead atoms. The Kier molecular flexibility index (Phi) is 5.39. The molecule has 4 rings (SSSR count). The normalized spacial score (nSPS) is 20.8. The molecule has 162 valence electrons. The van der Waals surface area contributed by atoms with Crippen molar-refractivity contribution in [2.24, 2.45) is 0 Å². The molecule has 1 N–H and O–H groups in total. The monoisotopic (exact) mass is 442 g/mol. The number of fused-ring (bicyclic) bond motifs is 1. The highest BCUT2D eigenvalue weighted by atomic mass is 32.1. The van der Waals surface area contributed by atoms with Gasteiger partial charge in [0.15, 0.2) is 11.5 Å². The zero-order valence-corrected chi connectivity index (χ0v) is 17.1. The Hall–Kier alpha value is -2.33. The van der Waals surface area contributed by atoms with E-state index in [0.29, 0.717) is 61.1 Å². The van der Waals surface area contributed by atoms with Crippen LogP contribution in [0.1, 0.15) is 41.6 Å². The van der Waals surface area contributed by atoms with Gasteiger partial charge in [0.25, 0.3) is 0 Å². The number of carbonyl (C=O) groups excluding carboxylic acids is 1. The molecular formula is C20H21F3N2O4S. The average molecular weight is 442 g/mol. The maximum absolute atomic E-state index is 13.8. The third-order valence-electron chi connectivity index (χ3n) is 5.37. The molecule has 1 saturated heterocycles. The minimum atomic E-state index is -5.03. The smallest absolute Gasteiger partial charge is 0.424 e. The topological polar surface area (TPSA) is 71.9 Å². The van der Waals surface area contributed by atoms with Gasteiger partial charge in [-0.15, -0.1) is 11.3 Å². The second-order valence-corrected chi connectivity index (χ2v) is 8.34. The van der Waals surface area contributed by atoms with Crippen molar-refractivity contribution in [3.8, 4) is 11.5 Å². The SMILES string of the molecule is Cc1csc([C@](O)(CC(=O)N2CCC[C@H]2c2ccc3c(c2)OCCO3)C(F)(F)F)n1. The standard InChI is InChI=1S/C20H21F3N2O4S/c1-12-11-30-18(24-12)19(27,20(21,22)23)10-17(26)25-6-2-3-14(25)13-4-5-15-16(9-13)29-8-7-28-15/h4-5,9,11,14,27H,2-3,6-8,10H2,1H3/t14-,19+/m0/s1. The molecule has 2 aliphatic heterocycles. The molecule has 2 atom stereocenters. The average Bonchev–Trinajstić information content (AvgIpc) is 3.36. The number of hydrogen-bond donors (Lipinski definition) is 1. The van der Waals surface area contributed by atoms with Crippen molar-refractivity contribution >= 4 is 17.2 Å². The Morgan fingerprint density at radius 1 is 1.30 bits per heavy atom. The first-order valence-electron chi connectivity index (χ1n) is 9.60. The molecule has 0 unspecified atom stereocenters. The number of hydrogen-bond acceptors (Lipinski definition) is 6. The van der Waals surface area contributed by atoms with Gasteiger partial charge >= 0.3 is 6.18 Å². The number of aliphatic hydroxyl groups is 1. The summed E-state index contributed by atoms with van der Waals surface area (Å²) in [5.41, 5.74) is -2.19. The Morgan fingerprint density at radius 2 is 2.03 bits per heavy atom. The fourth-order valence-corrected chi connectivity index (χ4v) is 4.75. The molecule has 1 fully saturated rings. The van der Waals surface area contributed by atoms with Crippen molar-refractivity contribution < 1.29 is 32.5 Å². The van der Waals surface area contributed by atoms with Gasteiger partial charge in [-0.2, -0.15) is 13.2 Å². The lowest BCUT2D eigenvalue weighted by atomic mass is 9.97. The van der Waals surface area contributed by atoms with Crippen molar-refractivity contribution in [3.05, 3.63) is 39.8 Å². The van der Waals surface area contributed by atoms with E-state index in [1.165, 1.54) is 17.2 Å². The number of likely N-dealkylation sites (tertiary alicyclic amines) is 1. The second-order valence-electron chi connectivity index (χ2n) is 7.48. The predicted molar refractivity (Wildman–Crippen MR) is 103 cm³/mol. The fourth-order valence-electron chi connectivity index (χ4n) is 3.84. The molecule has 0 aliphatic carbocycles. The van der Waals surface area contributed by atoms with Gasteiger partial charge in [-0.3, -0.25) is 4.79 Å². The first-order chi connectivity index (χ1) is 14.2. The summed E-state index contributed by atoms with van der Waals surface area (Å²) in [5, 5.41) is 11.4. The Morgan fingerprint density at radius 3 is 2.70 bits per heavy atom. The Bertz CT molecular complexity index is 948. The minimum absolute atomic E-state index is 0.322. The summed E-state index contributed by atoms with van der Waals surface area (Å²) in [7, 11) is 0. The Labute approximate surface area is 175 Å². The van der Waals surface area contributed by atoms with E-state index in [9.17, 15) is 23.1 Å². The summed E-state index contributed by atoms with van der Waals surface area (Å²) < 4.78 is 52.4. The van der Waals surface area contributed by atoms with E-state index in [0.717, 1.165) is 5.56 Å². The lowest BCUT2D eigenvalue weighted by Gasteiger charge is -2.32. The molecule has 10 heteroatoms. The van der Waals surface area contributed by atoms with Crippen LogP contribution in [0.2, 0.25) is 0 Å². The van der Waals surface area contributed by atoms with E-state index in [1.807, 2.05) is 0 Å². The zero-order valence-electron chi connectivity index (χ0n) is 16.2. The number of amides is 1. The number of aromatic nitrogens is 1. The van der Waals surface area contributed by atoms with E-state index < -0.39 is 29.1 Å². The molecule has 3 heterocycles. The molecule has 1 aromatic heterocycles. The highest BCUT2D eigenvalue weighted by Gasteiger charge is 2.58. The molecule has 0 spiro atoms. The number of nitrogens with zero attached hydrogens (tertiary/aromatic N) is 2. The molecule has 1 amide bonds. The summed E-state index contributed by atoms with van der Waals surface area (Å²) in [6.45, 7) is 2.72. The van der Waals surface area contributed by atoms with Crippen LogP contribution in [0.15, 0.2) is 23.6 Å². The molecule has 0 saturated carbocycles. The van der Waals surface area contributed by atoms with Crippen molar-refractivity contribution in [1.29, 1.82) is 0 Å². The van der Waals surface area contributed by atoms with Gasteiger partial charge in [0.1, 0.15) is 18.2 Å². The molecule has 0 radical (unpaired) electrons. The van der Waals surface area contributed by atoms with Gasteiger partial charge in [-0.05, 0) is 37.5 Å². The van der Waals surface area contributed by atoms with Crippen LogP contribution in [0.25, 0.3) is 0 Å². The summed E-state index contributed by atoms with van der Waals surface area (Å²) in [5.74, 6) is 0.398. The van der Waals surface area contributed by atoms with Crippen LogP contribution in [-0.2, 0) is 10.4 Å². The maximum atomic E-state index is 13.8. The van der Waals surface area contributed by atoms with Crippen molar-refractivity contribution in [1.82, 2.24) is 9.88 Å². The van der Waals surface area contributed by atoms with Crippen LogP contribution < -0.4 is 9.47 Å². The van der Waals surface area contributed by atoms with Gasteiger partial charge in [-0.25, -0.2) is 4.98 Å². The fraction of sp³-hybridized carbons (Fsp3) is 0.500. The van der Waals surface area contributed by atoms with Crippen LogP contribution in [0.3, 0.4) is 0 Å². The second kappa shape index (κ2) is 7.73. The number of carbonyl (C=O) groups is 1. The van der Waals surface area contributed by atoms with Crippen LogP contribution in [0, 0.1) is 6.92 Å². The number of thiazole rings is 1. The van der Waals surface area contributed by atoms with E-state index in [2.05, 4.69) is 4.98 Å². The maximum Gasteiger partial charge on any atom is 0.424 e. The van der Waals surface area contributed by atoms with Gasteiger partial charge < -0.3 is 19.5 Å². The lowest BCUT2D eigenvalue weighted by Crippen LogP contribution is -2.47. The van der Waals surface area contributed by atoms with Crippen molar-refractivity contribution in [2.45, 2.75) is 44.0 Å². The molecular weight excluding hydrogens is 421 g/mol. The number of alkyl halides is 3. The van der Waals surface area contributed by atoms with E-state index in [1.54, 1.807) is 18.2 Å². The predicted octanol–water partition coefficient (Wildman–Crippen LogP) is 3.73. The first-order valence-corrected chi connectivity index (χ1v) is 10.5. The van der Waals surface area contributed by atoms with Gasteiger partial charge in [0.2, 0.25) is 11.5 Å². The third kappa shape index (κ3) is 3.74. The summed E-state index contributed by atoms with van der Waals surface area (Å²) in [4.78, 5) is 18.2. The summed E-state index contributed by atoms with van der Waals surface area (Å²) in [6.07, 6.45) is -4.86. The highest BCUT2D eigenvalue weighted by Crippen LogP contribution is 2.45. The van der Waals surface area contributed by atoms with E-state index >= 15 is 0 Å². The molecule has 6 nitrogen and oxygen atoms in total. The van der Waals surface area contributed by atoms with Gasteiger partial charge in [0.05, 0.1) is 12.5 Å². The molecule has 30 heavy (non-hydrogen) atoms. The Balaban J connectivity index is 1.58. The number of benzene rings is 1. The van der Waals surface area contributed by atoms with Gasteiger partial charge in [0, 0.05) is 17.6 Å². The number of aryl methyl sites for hydroxylation is 1. The van der Waals surface area contributed by atoms with Crippen LogP contribution >= 0.6 is 11.3 Å². The quantitative estimate of drug-likeness (QED) is 0.782. The minimum Gasteiger partial charge on any atom is -0.486 e. The molecule has 2 aliphatic rings. The first kappa shape index (κ1) is 20.9. The molecule has 1 aromatic carbocycles. The third-order valence-corrected chi connectivity index (χ3v) is 6.48. The summed E-state index contributed by atoms with van der Waals surface area (Å²) >= 11 is 0.698. The summed E-state index contributed by atoms with van der Waals surface area (Å²) in [6, 6.07) is 4.92. The highest BCUT2D eigenvalue weighted by molar-refractivity contribution is 7.09. The largest absolute Gasteiger partial charge is 0.486 e. The number of ether oxygens (including phenoxy) is 2. The van der Waals surface area contributed by atoms with Gasteiger partial charge in [-0.1, -0.05) is 6.07 Å². The van der Waals surface area contributed by atoms with Crippen LogP contribution in [0.5, 0.6) is 11.5 Å². The van der Waals surface area contributed by atoms with E-state index in [-0.39, 0.29) is 6.04 Å². The van der Waals surface area contributed by atoms with Crippen LogP contribution in [-0.4, -0.2) is 46.8 Å². The zero-order chi connectivity index (χ0) is 21.5. The number of halogens is 3. The van der Waals surface area contributed by atoms with Crippen molar-refractivity contribution in [2.75, 3.05) is 19.8 Å². The van der Waals surface area contributed by atoms with E-state index in [4.69, 9.17) is 9.47 Å².